The Hall–Kier alpha value is -2.44. The van der Waals surface area contributed by atoms with Crippen molar-refractivity contribution in [3.05, 3.63) is 57.9 Å². The summed E-state index contributed by atoms with van der Waals surface area (Å²) in [5.41, 5.74) is 2.92. The number of ether oxygens (including phenoxy) is 1. The number of carbonyl (C=O) groups excluding carboxylic acids is 1. The predicted octanol–water partition coefficient (Wildman–Crippen LogP) is 4.43. The largest absolute Gasteiger partial charge is 0.497 e. The van der Waals surface area contributed by atoms with Crippen molar-refractivity contribution < 1.29 is 9.53 Å². The minimum absolute atomic E-state index is 0.268. The number of nitrogens with zero attached hydrogens (tertiary/aromatic N) is 2. The second-order valence-corrected chi connectivity index (χ2v) is 6.26. The smallest absolute Gasteiger partial charge is 0.269 e. The lowest BCUT2D eigenvalue weighted by molar-refractivity contribution is 0.103. The van der Waals surface area contributed by atoms with E-state index in [-0.39, 0.29) is 5.91 Å². The molecule has 0 fully saturated rings. The molecular formula is C17H14ClN3O2S. The van der Waals surface area contributed by atoms with Crippen molar-refractivity contribution in [2.75, 3.05) is 12.4 Å². The van der Waals surface area contributed by atoms with Crippen LogP contribution in [0.3, 0.4) is 0 Å². The SMILES string of the molecule is COc1ccc(-c2nnsc2C(=O)Nc2ccc(C)c(Cl)c2)cc1. The first-order valence-corrected chi connectivity index (χ1v) is 8.28. The molecule has 7 heteroatoms. The number of hydrogen-bond acceptors (Lipinski definition) is 5. The predicted molar refractivity (Wildman–Crippen MR) is 96.0 cm³/mol. The zero-order valence-electron chi connectivity index (χ0n) is 13.0. The Kier molecular flexibility index (Phi) is 4.78. The molecule has 0 radical (unpaired) electrons. The molecule has 0 saturated carbocycles. The number of amides is 1. The van der Waals surface area contributed by atoms with Gasteiger partial charge in [0.1, 0.15) is 16.3 Å². The van der Waals surface area contributed by atoms with Crippen LogP contribution in [-0.4, -0.2) is 22.6 Å². The van der Waals surface area contributed by atoms with Crippen molar-refractivity contribution in [2.45, 2.75) is 6.92 Å². The molecule has 1 aromatic heterocycles. The number of anilines is 1. The second kappa shape index (κ2) is 6.98. The fourth-order valence-corrected chi connectivity index (χ4v) is 2.90. The Morgan fingerprint density at radius 3 is 2.62 bits per heavy atom. The van der Waals surface area contributed by atoms with Crippen molar-refractivity contribution in [2.24, 2.45) is 0 Å². The number of benzene rings is 2. The van der Waals surface area contributed by atoms with Crippen molar-refractivity contribution in [1.82, 2.24) is 9.59 Å². The lowest BCUT2D eigenvalue weighted by Gasteiger charge is -2.07. The van der Waals surface area contributed by atoms with Gasteiger partial charge in [-0.1, -0.05) is 22.2 Å². The highest BCUT2D eigenvalue weighted by Crippen LogP contribution is 2.27. The summed E-state index contributed by atoms with van der Waals surface area (Å²) in [6.07, 6.45) is 0. The van der Waals surface area contributed by atoms with Crippen LogP contribution in [0, 0.1) is 6.92 Å². The minimum atomic E-state index is -0.268. The molecular weight excluding hydrogens is 346 g/mol. The van der Waals surface area contributed by atoms with Crippen LogP contribution in [0.4, 0.5) is 5.69 Å². The Balaban J connectivity index is 1.85. The highest BCUT2D eigenvalue weighted by molar-refractivity contribution is 7.08. The average Bonchev–Trinajstić information content (AvgIpc) is 3.08. The first-order valence-electron chi connectivity index (χ1n) is 7.13. The molecule has 0 spiro atoms. The van der Waals surface area contributed by atoms with E-state index in [1.54, 1.807) is 19.2 Å². The van der Waals surface area contributed by atoms with Crippen LogP contribution in [0.25, 0.3) is 11.3 Å². The summed E-state index contributed by atoms with van der Waals surface area (Å²) in [7, 11) is 1.60. The third-order valence-electron chi connectivity index (χ3n) is 3.49. The van der Waals surface area contributed by atoms with E-state index in [1.807, 2.05) is 37.3 Å². The fourth-order valence-electron chi connectivity index (χ4n) is 2.14. The maximum atomic E-state index is 12.5. The van der Waals surface area contributed by atoms with Crippen LogP contribution in [0.1, 0.15) is 15.2 Å². The van der Waals surface area contributed by atoms with Crippen LogP contribution in [0.5, 0.6) is 5.75 Å². The third-order valence-corrected chi connectivity index (χ3v) is 4.62. The van der Waals surface area contributed by atoms with Gasteiger partial charge in [0, 0.05) is 16.3 Å². The van der Waals surface area contributed by atoms with E-state index in [4.69, 9.17) is 16.3 Å². The number of nitrogens with one attached hydrogen (secondary N) is 1. The number of hydrogen-bond donors (Lipinski definition) is 1. The van der Waals surface area contributed by atoms with Gasteiger partial charge in [0.2, 0.25) is 0 Å². The Morgan fingerprint density at radius 1 is 1.21 bits per heavy atom. The normalized spacial score (nSPS) is 10.5. The first-order chi connectivity index (χ1) is 11.6. The molecule has 0 aliphatic rings. The summed E-state index contributed by atoms with van der Waals surface area (Å²) >= 11 is 7.14. The summed E-state index contributed by atoms with van der Waals surface area (Å²) in [6, 6.07) is 12.7. The van der Waals surface area contributed by atoms with Crippen molar-refractivity contribution in [3.8, 4) is 17.0 Å². The molecule has 0 aliphatic carbocycles. The van der Waals surface area contributed by atoms with Crippen LogP contribution in [0.15, 0.2) is 42.5 Å². The van der Waals surface area contributed by atoms with Crippen LogP contribution >= 0.6 is 23.1 Å². The monoisotopic (exact) mass is 359 g/mol. The molecule has 0 saturated heterocycles. The zero-order chi connectivity index (χ0) is 17.1. The molecule has 0 unspecified atom stereocenters. The molecule has 3 aromatic rings. The number of halogens is 1. The van der Waals surface area contributed by atoms with Gasteiger partial charge >= 0.3 is 0 Å². The number of aromatic nitrogens is 2. The summed E-state index contributed by atoms with van der Waals surface area (Å²) in [4.78, 5) is 13.0. The topological polar surface area (TPSA) is 64.1 Å². The molecule has 1 N–H and O–H groups in total. The van der Waals surface area contributed by atoms with E-state index < -0.39 is 0 Å². The molecule has 2 aromatic carbocycles. The van der Waals surface area contributed by atoms with E-state index >= 15 is 0 Å². The first kappa shape index (κ1) is 16.4. The molecule has 0 atom stereocenters. The van der Waals surface area contributed by atoms with Crippen LogP contribution in [-0.2, 0) is 0 Å². The molecule has 24 heavy (non-hydrogen) atoms. The molecule has 0 bridgehead atoms. The van der Waals surface area contributed by atoms with E-state index in [0.29, 0.717) is 21.3 Å². The van der Waals surface area contributed by atoms with Gasteiger partial charge < -0.3 is 10.1 Å². The number of carbonyl (C=O) groups is 1. The summed E-state index contributed by atoms with van der Waals surface area (Å²) < 4.78 is 9.05. The average molecular weight is 360 g/mol. The van der Waals surface area contributed by atoms with Gasteiger partial charge in [-0.15, -0.1) is 5.10 Å². The third kappa shape index (κ3) is 3.39. The van der Waals surface area contributed by atoms with Gasteiger partial charge in [-0.2, -0.15) is 0 Å². The quantitative estimate of drug-likeness (QED) is 0.748. The Labute approximate surface area is 148 Å². The van der Waals surface area contributed by atoms with E-state index in [0.717, 1.165) is 28.4 Å². The molecule has 0 aliphatic heterocycles. The van der Waals surface area contributed by atoms with Crippen LogP contribution in [0.2, 0.25) is 5.02 Å². The van der Waals surface area contributed by atoms with Gasteiger partial charge in [-0.05, 0) is 60.4 Å². The van der Waals surface area contributed by atoms with Crippen molar-refractivity contribution in [3.63, 3.8) is 0 Å². The lowest BCUT2D eigenvalue weighted by Crippen LogP contribution is -2.11. The van der Waals surface area contributed by atoms with Crippen LogP contribution < -0.4 is 10.1 Å². The molecule has 1 heterocycles. The van der Waals surface area contributed by atoms with Gasteiger partial charge in [0.15, 0.2) is 0 Å². The second-order valence-electron chi connectivity index (χ2n) is 5.10. The highest BCUT2D eigenvalue weighted by atomic mass is 35.5. The van der Waals surface area contributed by atoms with Gasteiger partial charge in [0.25, 0.3) is 5.91 Å². The standard InChI is InChI=1S/C17H14ClN3O2S/c1-10-3-6-12(9-14(10)18)19-17(22)16-15(20-21-24-16)11-4-7-13(23-2)8-5-11/h3-9H,1-2H3,(H,19,22). The Morgan fingerprint density at radius 2 is 1.96 bits per heavy atom. The molecule has 122 valence electrons. The van der Waals surface area contributed by atoms with Crippen molar-refractivity contribution >= 4 is 34.7 Å². The lowest BCUT2D eigenvalue weighted by atomic mass is 10.1. The summed E-state index contributed by atoms with van der Waals surface area (Å²) in [5.74, 6) is 0.470. The maximum absolute atomic E-state index is 12.5. The molecule has 3 rings (SSSR count). The Bertz CT molecular complexity index is 878. The highest BCUT2D eigenvalue weighted by Gasteiger charge is 2.18. The van der Waals surface area contributed by atoms with Gasteiger partial charge in [0.05, 0.1) is 7.11 Å². The van der Waals surface area contributed by atoms with E-state index in [1.165, 1.54) is 0 Å². The number of methoxy groups -OCH3 is 1. The summed E-state index contributed by atoms with van der Waals surface area (Å²) in [6.45, 7) is 1.91. The zero-order valence-corrected chi connectivity index (χ0v) is 14.6. The number of aryl methyl sites for hydroxylation is 1. The summed E-state index contributed by atoms with van der Waals surface area (Å²) in [5, 5.41) is 7.51. The molecule has 1 amide bonds. The van der Waals surface area contributed by atoms with Gasteiger partial charge in [-0.3, -0.25) is 4.79 Å². The van der Waals surface area contributed by atoms with E-state index in [9.17, 15) is 4.79 Å². The van der Waals surface area contributed by atoms with Gasteiger partial charge in [-0.25, -0.2) is 0 Å². The number of rotatable bonds is 4. The minimum Gasteiger partial charge on any atom is -0.497 e. The maximum Gasteiger partial charge on any atom is 0.269 e. The van der Waals surface area contributed by atoms with Crippen molar-refractivity contribution in [1.29, 1.82) is 0 Å². The molecule has 5 nitrogen and oxygen atoms in total. The van der Waals surface area contributed by atoms with E-state index in [2.05, 4.69) is 14.9 Å². The fraction of sp³-hybridized carbons (Fsp3) is 0.118.